The Morgan fingerprint density at radius 1 is 1.50 bits per heavy atom. The predicted molar refractivity (Wildman–Crippen MR) is 72.1 cm³/mol. The molecule has 0 aliphatic carbocycles. The Bertz CT molecular complexity index is 526. The Balaban J connectivity index is 2.24. The lowest BCUT2D eigenvalue weighted by Gasteiger charge is -2.20. The zero-order valence-corrected chi connectivity index (χ0v) is 11.7. The van der Waals surface area contributed by atoms with Gasteiger partial charge in [0.2, 0.25) is 5.91 Å². The van der Waals surface area contributed by atoms with Crippen molar-refractivity contribution in [3.8, 4) is 0 Å². The molecule has 0 saturated heterocycles. The Kier molecular flexibility index (Phi) is 3.52. The topological polar surface area (TPSA) is 46.3 Å². The zero-order valence-electron chi connectivity index (χ0n) is 10.9. The summed E-state index contributed by atoms with van der Waals surface area (Å²) in [6.07, 6.45) is 0. The molecule has 0 aliphatic heterocycles. The highest BCUT2D eigenvalue weighted by molar-refractivity contribution is 7.10. The molecule has 2 aromatic heterocycles. The maximum Gasteiger partial charge on any atom is 0.234 e. The molecule has 1 amide bonds. The molecule has 2 heterocycles. The fraction of sp³-hybridized carbons (Fsp3) is 0.385. The average Bonchev–Trinajstić information content (AvgIpc) is 2.97. The first-order valence-corrected chi connectivity index (χ1v) is 6.64. The largest absolute Gasteiger partial charge is 0.359 e. The second-order valence-corrected chi connectivity index (χ2v) is 5.29. The monoisotopic (exact) mass is 264 g/mol. The lowest BCUT2D eigenvalue weighted by atomic mass is 10.1. The Hall–Kier alpha value is -1.62. The molecule has 1 atom stereocenters. The fourth-order valence-electron chi connectivity index (χ4n) is 2.02. The molecule has 0 fully saturated rings. The van der Waals surface area contributed by atoms with Crippen molar-refractivity contribution in [1.29, 1.82) is 0 Å². The molecule has 0 aromatic carbocycles. The second-order valence-electron chi connectivity index (χ2n) is 4.31. The van der Waals surface area contributed by atoms with Crippen LogP contribution < -0.4 is 4.90 Å². The van der Waals surface area contributed by atoms with Crippen molar-refractivity contribution in [1.82, 2.24) is 5.16 Å². The molecule has 18 heavy (non-hydrogen) atoms. The van der Waals surface area contributed by atoms with E-state index in [0.717, 1.165) is 16.3 Å². The number of nitrogens with zero attached hydrogens (tertiary/aromatic N) is 2. The van der Waals surface area contributed by atoms with Crippen LogP contribution >= 0.6 is 11.3 Å². The van der Waals surface area contributed by atoms with E-state index >= 15 is 0 Å². The Morgan fingerprint density at radius 3 is 2.72 bits per heavy atom. The van der Waals surface area contributed by atoms with Crippen LogP contribution in [0.4, 0.5) is 5.69 Å². The molecule has 5 heteroatoms. The Morgan fingerprint density at radius 2 is 2.22 bits per heavy atom. The van der Waals surface area contributed by atoms with Crippen LogP contribution in [0.15, 0.2) is 22.0 Å². The molecule has 0 N–H and O–H groups in total. The molecule has 96 valence electrons. The van der Waals surface area contributed by atoms with Gasteiger partial charge >= 0.3 is 0 Å². The Labute approximate surface area is 110 Å². The maximum atomic E-state index is 12.4. The molecule has 1 unspecified atom stereocenters. The minimum absolute atomic E-state index is 0.0480. The van der Waals surface area contributed by atoms with E-state index in [-0.39, 0.29) is 11.8 Å². The lowest BCUT2D eigenvalue weighted by molar-refractivity contribution is -0.119. The summed E-state index contributed by atoms with van der Waals surface area (Å²) in [5.41, 5.74) is 1.50. The van der Waals surface area contributed by atoms with Crippen LogP contribution in [0, 0.1) is 13.8 Å². The molecule has 0 spiro atoms. The second kappa shape index (κ2) is 4.94. The number of anilines is 1. The lowest BCUT2D eigenvalue weighted by Crippen LogP contribution is -2.30. The van der Waals surface area contributed by atoms with Crippen LogP contribution in [-0.4, -0.2) is 18.1 Å². The van der Waals surface area contributed by atoms with Gasteiger partial charge in [0.15, 0.2) is 5.76 Å². The third kappa shape index (κ3) is 2.18. The molecule has 0 aliphatic rings. The quantitative estimate of drug-likeness (QED) is 0.855. The van der Waals surface area contributed by atoms with Crippen LogP contribution in [0.1, 0.15) is 29.2 Å². The molecule has 0 radical (unpaired) electrons. The number of amides is 1. The van der Waals surface area contributed by atoms with E-state index in [1.54, 1.807) is 23.3 Å². The minimum atomic E-state index is -0.149. The number of hydrogen-bond donors (Lipinski definition) is 0. The van der Waals surface area contributed by atoms with Crippen molar-refractivity contribution in [3.63, 3.8) is 0 Å². The number of rotatable bonds is 3. The van der Waals surface area contributed by atoms with Crippen LogP contribution in [0.5, 0.6) is 0 Å². The van der Waals surface area contributed by atoms with E-state index < -0.39 is 0 Å². The predicted octanol–water partition coefficient (Wildman–Crippen LogP) is 3.12. The van der Waals surface area contributed by atoms with Gasteiger partial charge in [-0.05, 0) is 32.2 Å². The van der Waals surface area contributed by atoms with Crippen molar-refractivity contribution in [3.05, 3.63) is 33.8 Å². The minimum Gasteiger partial charge on any atom is -0.359 e. The molecular formula is C13H16N2O2S. The molecule has 4 nitrogen and oxygen atoms in total. The van der Waals surface area contributed by atoms with Crippen LogP contribution in [0.3, 0.4) is 0 Å². The van der Waals surface area contributed by atoms with Gasteiger partial charge in [0.25, 0.3) is 0 Å². The van der Waals surface area contributed by atoms with E-state index in [4.69, 9.17) is 4.52 Å². The van der Waals surface area contributed by atoms with Crippen molar-refractivity contribution >= 4 is 22.9 Å². The summed E-state index contributed by atoms with van der Waals surface area (Å²) < 4.78 is 5.10. The number of aromatic nitrogens is 1. The summed E-state index contributed by atoms with van der Waals surface area (Å²) in [6, 6.07) is 3.94. The molecule has 0 bridgehead atoms. The molecule has 2 rings (SSSR count). The molecule has 0 saturated carbocycles. The van der Waals surface area contributed by atoms with E-state index in [1.807, 2.05) is 38.3 Å². The van der Waals surface area contributed by atoms with Gasteiger partial charge in [0.1, 0.15) is 11.4 Å². The van der Waals surface area contributed by atoms with E-state index in [0.29, 0.717) is 5.76 Å². The van der Waals surface area contributed by atoms with Crippen molar-refractivity contribution in [2.24, 2.45) is 0 Å². The highest BCUT2D eigenvalue weighted by Crippen LogP contribution is 2.28. The summed E-state index contributed by atoms with van der Waals surface area (Å²) in [5, 5.41) is 5.86. The van der Waals surface area contributed by atoms with Gasteiger partial charge in [-0.1, -0.05) is 11.2 Å². The van der Waals surface area contributed by atoms with Gasteiger partial charge in [-0.25, -0.2) is 0 Å². The smallest absolute Gasteiger partial charge is 0.234 e. The number of thiophene rings is 1. The van der Waals surface area contributed by atoms with Gasteiger partial charge in [-0.3, -0.25) is 4.79 Å². The van der Waals surface area contributed by atoms with Crippen LogP contribution in [0.25, 0.3) is 0 Å². The molecular weight excluding hydrogens is 248 g/mol. The summed E-state index contributed by atoms with van der Waals surface area (Å²) in [4.78, 5) is 15.1. The van der Waals surface area contributed by atoms with Gasteiger partial charge < -0.3 is 9.42 Å². The maximum absolute atomic E-state index is 12.4. The van der Waals surface area contributed by atoms with Gasteiger partial charge in [0, 0.05) is 11.9 Å². The van der Waals surface area contributed by atoms with Crippen molar-refractivity contribution in [2.45, 2.75) is 26.7 Å². The van der Waals surface area contributed by atoms with Gasteiger partial charge in [-0.15, -0.1) is 11.3 Å². The average molecular weight is 264 g/mol. The third-order valence-electron chi connectivity index (χ3n) is 3.00. The van der Waals surface area contributed by atoms with Crippen LogP contribution in [-0.2, 0) is 4.79 Å². The number of hydrogen-bond acceptors (Lipinski definition) is 4. The fourth-order valence-corrected chi connectivity index (χ4v) is 2.79. The summed E-state index contributed by atoms with van der Waals surface area (Å²) in [5.74, 6) is 0.567. The third-order valence-corrected chi connectivity index (χ3v) is 4.06. The van der Waals surface area contributed by atoms with Gasteiger partial charge in [0.05, 0.1) is 5.92 Å². The first-order valence-electron chi connectivity index (χ1n) is 5.76. The van der Waals surface area contributed by atoms with Crippen LogP contribution in [0.2, 0.25) is 0 Å². The summed E-state index contributed by atoms with van der Waals surface area (Å²) in [7, 11) is 1.76. The van der Waals surface area contributed by atoms with E-state index in [9.17, 15) is 4.79 Å². The van der Waals surface area contributed by atoms with Crippen molar-refractivity contribution in [2.75, 3.05) is 11.9 Å². The normalized spacial score (nSPS) is 12.4. The number of likely N-dealkylation sites (N-methyl/N-ethyl adjacent to an activating group) is 1. The SMILES string of the molecule is Cc1noc(C)c1N(C)C(=O)C(C)c1cccs1. The molecule has 2 aromatic rings. The highest BCUT2D eigenvalue weighted by Gasteiger charge is 2.25. The number of carbonyl (C=O) groups is 1. The van der Waals surface area contributed by atoms with Crippen molar-refractivity contribution < 1.29 is 9.32 Å². The standard InChI is InChI=1S/C13H16N2O2S/c1-8(11-6-5-7-18-11)13(16)15(4)12-9(2)14-17-10(12)3/h5-8H,1-4H3. The zero-order chi connectivity index (χ0) is 13.3. The van der Waals surface area contributed by atoms with E-state index in [1.165, 1.54) is 0 Å². The number of aryl methyl sites for hydroxylation is 2. The highest BCUT2D eigenvalue weighted by atomic mass is 32.1. The van der Waals surface area contributed by atoms with Gasteiger partial charge in [-0.2, -0.15) is 0 Å². The summed E-state index contributed by atoms with van der Waals surface area (Å²) in [6.45, 7) is 5.57. The summed E-state index contributed by atoms with van der Waals surface area (Å²) >= 11 is 1.60. The van der Waals surface area contributed by atoms with E-state index in [2.05, 4.69) is 5.16 Å². The first kappa shape index (κ1) is 12.8. The first-order chi connectivity index (χ1) is 8.52. The number of carbonyl (C=O) groups excluding carboxylic acids is 1.